The Bertz CT molecular complexity index is 668. The molecule has 0 bridgehead atoms. The van der Waals surface area contributed by atoms with E-state index in [-0.39, 0.29) is 78.5 Å². The maximum absolute atomic E-state index is 14.3. The van der Waals surface area contributed by atoms with Crippen LogP contribution in [0.15, 0.2) is 23.8 Å². The first-order chi connectivity index (χ1) is 14.1. The van der Waals surface area contributed by atoms with E-state index in [0.717, 1.165) is 5.57 Å². The fraction of sp³-hybridized carbons (Fsp3) is 0.739. The van der Waals surface area contributed by atoms with Crippen LogP contribution in [0.2, 0.25) is 0 Å². The van der Waals surface area contributed by atoms with E-state index in [1.807, 2.05) is 26.0 Å². The molecule has 0 aromatic heterocycles. The first-order valence-electron chi connectivity index (χ1n) is 10.9. The Balaban J connectivity index is 0.00000480. The molecule has 0 aromatic rings. The number of alkyl halides is 2. The van der Waals surface area contributed by atoms with E-state index in [0.29, 0.717) is 12.8 Å². The number of ether oxygens (including phenoxy) is 1. The molecule has 1 N–H and O–H groups in total. The van der Waals surface area contributed by atoms with Crippen molar-refractivity contribution in [1.82, 2.24) is 0 Å². The second-order valence-corrected chi connectivity index (χ2v) is 8.75. The van der Waals surface area contributed by atoms with Crippen LogP contribution < -0.4 is 34.7 Å². The van der Waals surface area contributed by atoms with Gasteiger partial charge in [-0.1, -0.05) is 32.9 Å². The number of rotatable bonds is 10. The second-order valence-electron chi connectivity index (χ2n) is 8.75. The molecule has 8 heteroatoms. The number of hydrogen-bond acceptors (Lipinski definition) is 5. The fourth-order valence-electron chi connectivity index (χ4n) is 4.45. The monoisotopic (exact) mass is 450 g/mol. The van der Waals surface area contributed by atoms with Gasteiger partial charge in [0.1, 0.15) is 18.4 Å². The number of allylic oxidation sites excluding steroid dienone is 3. The third kappa shape index (κ3) is 8.26. The summed E-state index contributed by atoms with van der Waals surface area (Å²) in [5.41, 5.74) is 0.800. The average Bonchev–Trinajstić information content (AvgIpc) is 2.65. The summed E-state index contributed by atoms with van der Waals surface area (Å²) >= 11 is 0. The molecule has 0 saturated carbocycles. The van der Waals surface area contributed by atoms with Gasteiger partial charge in [-0.15, -0.1) is 0 Å². The number of carboxylic acid groups (broad SMARTS) is 1. The fourth-order valence-corrected chi connectivity index (χ4v) is 4.45. The summed E-state index contributed by atoms with van der Waals surface area (Å²) in [6.45, 7) is 5.70. The summed E-state index contributed by atoms with van der Waals surface area (Å²) in [4.78, 5) is 22.9. The van der Waals surface area contributed by atoms with Crippen molar-refractivity contribution in [3.05, 3.63) is 23.8 Å². The molecule has 0 fully saturated rings. The van der Waals surface area contributed by atoms with E-state index in [4.69, 9.17) is 4.74 Å². The van der Waals surface area contributed by atoms with Crippen molar-refractivity contribution in [2.75, 3.05) is 0 Å². The van der Waals surface area contributed by atoms with Gasteiger partial charge in [-0.25, -0.2) is 8.78 Å². The zero-order valence-corrected chi connectivity index (χ0v) is 20.9. The molecule has 5 nitrogen and oxygen atoms in total. The van der Waals surface area contributed by atoms with Crippen LogP contribution in [0, 0.1) is 23.7 Å². The minimum absolute atomic E-state index is 0. The number of fused-ring (bicyclic) bond motifs is 1. The van der Waals surface area contributed by atoms with Gasteiger partial charge in [0, 0.05) is 31.1 Å². The van der Waals surface area contributed by atoms with Crippen LogP contribution in [0.4, 0.5) is 8.78 Å². The molecule has 2 aliphatic rings. The summed E-state index contributed by atoms with van der Waals surface area (Å²) < 4.78 is 33.7. The largest absolute Gasteiger partial charge is 1.00 e. The molecule has 8 atom stereocenters. The number of carbonyl (C=O) groups excluding carboxylic acids is 2. The van der Waals surface area contributed by atoms with Gasteiger partial charge >= 0.3 is 35.5 Å². The first-order valence-corrected chi connectivity index (χ1v) is 10.9. The molecule has 0 amide bonds. The van der Waals surface area contributed by atoms with Crippen molar-refractivity contribution in [3.63, 3.8) is 0 Å². The quantitative estimate of drug-likeness (QED) is 0.376. The van der Waals surface area contributed by atoms with Crippen LogP contribution >= 0.6 is 0 Å². The topological polar surface area (TPSA) is 86.7 Å². The predicted octanol–water partition coefficient (Wildman–Crippen LogP) is 0.0641. The van der Waals surface area contributed by atoms with Gasteiger partial charge in [0.2, 0.25) is 0 Å². The van der Waals surface area contributed by atoms with E-state index >= 15 is 0 Å². The summed E-state index contributed by atoms with van der Waals surface area (Å²) in [5.74, 6) is -2.15. The van der Waals surface area contributed by atoms with Crippen LogP contribution in [-0.4, -0.2) is 41.6 Å². The van der Waals surface area contributed by atoms with Crippen LogP contribution in [0.3, 0.4) is 0 Å². The van der Waals surface area contributed by atoms with Crippen LogP contribution in [-0.2, 0) is 14.3 Å². The van der Waals surface area contributed by atoms with Crippen molar-refractivity contribution in [2.24, 2.45) is 23.7 Å². The summed E-state index contributed by atoms with van der Waals surface area (Å²) in [7, 11) is 0. The molecule has 2 aliphatic carbocycles. The van der Waals surface area contributed by atoms with Gasteiger partial charge in [-0.05, 0) is 42.7 Å². The van der Waals surface area contributed by atoms with E-state index < -0.39 is 36.9 Å². The van der Waals surface area contributed by atoms with Crippen LogP contribution in [0.5, 0.6) is 0 Å². The van der Waals surface area contributed by atoms with Gasteiger partial charge < -0.3 is 19.7 Å². The number of aliphatic carboxylic acids is 1. The Kier molecular flexibility index (Phi) is 11.9. The minimum atomic E-state index is -1.66. The first kappa shape index (κ1) is 28.3. The van der Waals surface area contributed by atoms with Gasteiger partial charge in [-0.2, -0.15) is 0 Å². The molecular formula is C23H33F2NaO5. The Hall–Kier alpha value is -0.760. The number of esters is 1. The molecule has 1 unspecified atom stereocenters. The molecule has 0 radical (unpaired) electrons. The van der Waals surface area contributed by atoms with Crippen LogP contribution in [0.1, 0.15) is 59.3 Å². The second kappa shape index (κ2) is 13.1. The SMILES string of the molecule is CC[C@H](C)C(=O)O[C@H]1C[C@H](F)C=C2C=C[C@H](C)[C@H](CC[C@@H](O)C[C@H](F)CC(=O)[O-])C21.[Na+]. The molecule has 0 heterocycles. The maximum atomic E-state index is 14.3. The zero-order valence-electron chi connectivity index (χ0n) is 18.9. The molecule has 0 spiro atoms. The molecule has 0 saturated heterocycles. The van der Waals surface area contributed by atoms with E-state index in [1.165, 1.54) is 0 Å². The van der Waals surface area contributed by atoms with Gasteiger partial charge in [0.15, 0.2) is 0 Å². The molecule has 2 rings (SSSR count). The van der Waals surface area contributed by atoms with Gasteiger partial charge in [0.05, 0.1) is 12.0 Å². The predicted molar refractivity (Wildman–Crippen MR) is 107 cm³/mol. The third-order valence-corrected chi connectivity index (χ3v) is 6.38. The Morgan fingerprint density at radius 3 is 2.68 bits per heavy atom. The molecule has 31 heavy (non-hydrogen) atoms. The molecule has 0 aromatic carbocycles. The van der Waals surface area contributed by atoms with Gasteiger partial charge in [-0.3, -0.25) is 4.79 Å². The van der Waals surface area contributed by atoms with E-state index in [9.17, 15) is 28.6 Å². The number of hydrogen-bond donors (Lipinski definition) is 1. The summed E-state index contributed by atoms with van der Waals surface area (Å²) in [5, 5.41) is 20.7. The number of aliphatic hydroxyl groups is 1. The molecular weight excluding hydrogens is 417 g/mol. The maximum Gasteiger partial charge on any atom is 1.00 e. The van der Waals surface area contributed by atoms with Crippen molar-refractivity contribution < 1.29 is 62.9 Å². The van der Waals surface area contributed by atoms with E-state index in [2.05, 4.69) is 0 Å². The average molecular weight is 450 g/mol. The van der Waals surface area contributed by atoms with Crippen molar-refractivity contribution in [1.29, 1.82) is 0 Å². The Labute approximate surface area is 205 Å². The standard InChI is InChI=1S/C23H34F2O5.Na/c1-4-13(2)23(29)30-20-11-16(24)9-15-6-5-14(3)19(22(15)20)8-7-18(26)10-17(25)12-21(27)28;/h5-6,9,13-14,16-20,22,26H,4,7-8,10-12H2,1-3H3,(H,27,28);/q;+1/p-1/t13-,14-,16+,17-,18+,19-,20-,22?;/m0./s1. The van der Waals surface area contributed by atoms with E-state index in [1.54, 1.807) is 13.0 Å². The summed E-state index contributed by atoms with van der Waals surface area (Å²) in [6.07, 6.45) is 1.59. The Morgan fingerprint density at radius 2 is 2.06 bits per heavy atom. The van der Waals surface area contributed by atoms with Crippen molar-refractivity contribution in [2.45, 2.75) is 83.8 Å². The number of carboxylic acids is 1. The Morgan fingerprint density at radius 1 is 1.39 bits per heavy atom. The third-order valence-electron chi connectivity index (χ3n) is 6.38. The molecule has 170 valence electrons. The number of halogens is 2. The van der Waals surface area contributed by atoms with Crippen LogP contribution in [0.25, 0.3) is 0 Å². The summed E-state index contributed by atoms with van der Waals surface area (Å²) in [6, 6.07) is 0. The number of carbonyl (C=O) groups is 2. The normalized spacial score (nSPS) is 30.3. The van der Waals surface area contributed by atoms with Crippen molar-refractivity contribution >= 4 is 11.9 Å². The molecule has 0 aliphatic heterocycles. The van der Waals surface area contributed by atoms with Gasteiger partial charge in [0.25, 0.3) is 0 Å². The number of aliphatic hydroxyl groups excluding tert-OH is 1. The smallest absolute Gasteiger partial charge is 0.550 e. The zero-order chi connectivity index (χ0) is 22.4. The minimum Gasteiger partial charge on any atom is -0.550 e. The van der Waals surface area contributed by atoms with Crippen molar-refractivity contribution in [3.8, 4) is 0 Å².